The zero-order valence-corrected chi connectivity index (χ0v) is 14.5. The molecule has 0 radical (unpaired) electrons. The number of carbonyl (C=O) groups excluding carboxylic acids is 2. The zero-order chi connectivity index (χ0) is 18.9. The minimum absolute atomic E-state index is 0.0957. The number of nitrogens with one attached hydrogen (secondary N) is 2. The van der Waals surface area contributed by atoms with Crippen molar-refractivity contribution in [2.75, 3.05) is 18.5 Å². The van der Waals surface area contributed by atoms with Crippen molar-refractivity contribution in [3.8, 4) is 0 Å². The fourth-order valence-corrected chi connectivity index (χ4v) is 2.32. The van der Waals surface area contributed by atoms with Crippen molar-refractivity contribution in [3.63, 3.8) is 0 Å². The highest BCUT2D eigenvalue weighted by Crippen LogP contribution is 2.15. The molecule has 26 heavy (non-hydrogen) atoms. The highest BCUT2D eigenvalue weighted by atomic mass is 19.1. The van der Waals surface area contributed by atoms with Gasteiger partial charge in [0.1, 0.15) is 5.82 Å². The molecule has 0 saturated carbocycles. The topological polar surface area (TPSA) is 78.4 Å². The summed E-state index contributed by atoms with van der Waals surface area (Å²) in [6, 6.07) is 12.9. The lowest BCUT2D eigenvalue weighted by atomic mass is 10.1. The van der Waals surface area contributed by atoms with E-state index in [0.717, 1.165) is 16.7 Å². The van der Waals surface area contributed by atoms with Crippen LogP contribution in [0.3, 0.4) is 0 Å². The van der Waals surface area contributed by atoms with Gasteiger partial charge in [0, 0.05) is 18.3 Å². The van der Waals surface area contributed by atoms with Crippen LogP contribution >= 0.6 is 0 Å². The van der Waals surface area contributed by atoms with Gasteiger partial charge in [-0.3, -0.25) is 9.59 Å². The monoisotopic (exact) mass is 356 g/mol. The Kier molecular flexibility index (Phi) is 7.05. The summed E-state index contributed by atoms with van der Waals surface area (Å²) in [7, 11) is 0. The van der Waals surface area contributed by atoms with Crippen LogP contribution in [0.4, 0.5) is 10.1 Å². The lowest BCUT2D eigenvalue weighted by molar-refractivity contribution is -0.120. The second kappa shape index (κ2) is 9.48. The molecular weight excluding hydrogens is 335 g/mol. The van der Waals surface area contributed by atoms with E-state index in [9.17, 15) is 14.0 Å². The number of carbonyl (C=O) groups is 2. The molecule has 2 aromatic carbocycles. The van der Waals surface area contributed by atoms with Crippen molar-refractivity contribution in [2.24, 2.45) is 0 Å². The first kappa shape index (κ1) is 19.3. The normalized spacial score (nSPS) is 11.1. The SMILES string of the molecule is C/C(=C\C(=O)Nc1ccc(CC(=O)NCCO)cc1)c1ccc(F)cc1. The van der Waals surface area contributed by atoms with Crippen LogP contribution in [0.25, 0.3) is 5.57 Å². The summed E-state index contributed by atoms with van der Waals surface area (Å²) in [5.41, 5.74) is 2.90. The Balaban J connectivity index is 1.93. The minimum atomic E-state index is -0.323. The standard InChI is InChI=1S/C20H21FN2O3/c1-14(16-4-6-17(21)7-5-16)12-20(26)23-18-8-2-15(3-9-18)13-19(25)22-10-11-24/h2-9,12,24H,10-11,13H2,1H3,(H,22,25)(H,23,26)/b14-12+. The highest BCUT2D eigenvalue weighted by Gasteiger charge is 2.05. The van der Waals surface area contributed by atoms with Crippen LogP contribution in [0.1, 0.15) is 18.1 Å². The molecule has 5 nitrogen and oxygen atoms in total. The predicted molar refractivity (Wildman–Crippen MR) is 98.9 cm³/mol. The maximum atomic E-state index is 12.9. The largest absolute Gasteiger partial charge is 0.395 e. The number of aliphatic hydroxyl groups excluding tert-OH is 1. The van der Waals surface area contributed by atoms with Crippen LogP contribution in [0, 0.1) is 5.82 Å². The van der Waals surface area contributed by atoms with E-state index in [1.165, 1.54) is 18.2 Å². The molecule has 2 aromatic rings. The van der Waals surface area contributed by atoms with Crippen molar-refractivity contribution < 1.29 is 19.1 Å². The van der Waals surface area contributed by atoms with Gasteiger partial charge >= 0.3 is 0 Å². The quantitative estimate of drug-likeness (QED) is 0.667. The number of anilines is 1. The van der Waals surface area contributed by atoms with Crippen molar-refractivity contribution in [3.05, 3.63) is 71.6 Å². The van der Waals surface area contributed by atoms with E-state index in [1.807, 2.05) is 0 Å². The molecule has 0 aliphatic rings. The molecule has 3 N–H and O–H groups in total. The fourth-order valence-electron chi connectivity index (χ4n) is 2.32. The minimum Gasteiger partial charge on any atom is -0.395 e. The number of amides is 2. The number of rotatable bonds is 7. The third kappa shape index (κ3) is 6.14. The number of hydrogen-bond acceptors (Lipinski definition) is 3. The number of halogens is 1. The van der Waals surface area contributed by atoms with E-state index in [1.54, 1.807) is 43.3 Å². The van der Waals surface area contributed by atoms with Gasteiger partial charge in [-0.25, -0.2) is 4.39 Å². The molecule has 0 heterocycles. The Morgan fingerprint density at radius 3 is 2.35 bits per heavy atom. The van der Waals surface area contributed by atoms with Gasteiger partial charge < -0.3 is 15.7 Å². The van der Waals surface area contributed by atoms with E-state index in [0.29, 0.717) is 5.69 Å². The molecule has 0 spiro atoms. The van der Waals surface area contributed by atoms with E-state index < -0.39 is 0 Å². The maximum Gasteiger partial charge on any atom is 0.248 e. The van der Waals surface area contributed by atoms with Gasteiger partial charge in [-0.1, -0.05) is 24.3 Å². The molecule has 0 atom stereocenters. The van der Waals surface area contributed by atoms with Gasteiger partial charge in [0.25, 0.3) is 0 Å². The zero-order valence-electron chi connectivity index (χ0n) is 14.5. The second-order valence-electron chi connectivity index (χ2n) is 5.77. The van der Waals surface area contributed by atoms with Crippen LogP contribution in [0.5, 0.6) is 0 Å². The van der Waals surface area contributed by atoms with Gasteiger partial charge in [-0.15, -0.1) is 0 Å². The highest BCUT2D eigenvalue weighted by molar-refractivity contribution is 6.03. The molecule has 0 aromatic heterocycles. The molecule has 0 saturated heterocycles. The average molecular weight is 356 g/mol. The Hall–Kier alpha value is -2.99. The first-order valence-corrected chi connectivity index (χ1v) is 8.19. The van der Waals surface area contributed by atoms with Gasteiger partial charge in [-0.05, 0) is 47.9 Å². The van der Waals surface area contributed by atoms with Gasteiger partial charge in [-0.2, -0.15) is 0 Å². The lowest BCUT2D eigenvalue weighted by Crippen LogP contribution is -2.27. The summed E-state index contributed by atoms with van der Waals surface area (Å²) in [4.78, 5) is 23.7. The van der Waals surface area contributed by atoms with Gasteiger partial charge in [0.15, 0.2) is 0 Å². The molecule has 0 aliphatic heterocycles. The maximum absolute atomic E-state index is 12.9. The van der Waals surface area contributed by atoms with Crippen molar-refractivity contribution >= 4 is 23.1 Å². The molecule has 0 aliphatic carbocycles. The molecule has 6 heteroatoms. The molecule has 0 fully saturated rings. The third-order valence-corrected chi connectivity index (χ3v) is 3.67. The summed E-state index contributed by atoms with van der Waals surface area (Å²) in [5, 5.41) is 14.0. The number of hydrogen-bond donors (Lipinski definition) is 3. The first-order valence-electron chi connectivity index (χ1n) is 8.19. The van der Waals surface area contributed by atoms with Gasteiger partial charge in [0.05, 0.1) is 13.0 Å². The molecule has 0 bridgehead atoms. The Morgan fingerprint density at radius 2 is 1.73 bits per heavy atom. The number of aliphatic hydroxyl groups is 1. The summed E-state index contributed by atoms with van der Waals surface area (Å²) < 4.78 is 12.9. The van der Waals surface area contributed by atoms with Crippen LogP contribution in [-0.4, -0.2) is 30.1 Å². The van der Waals surface area contributed by atoms with E-state index in [2.05, 4.69) is 10.6 Å². The fraction of sp³-hybridized carbons (Fsp3) is 0.200. The van der Waals surface area contributed by atoms with Crippen LogP contribution in [0.15, 0.2) is 54.6 Å². The van der Waals surface area contributed by atoms with Crippen LogP contribution in [-0.2, 0) is 16.0 Å². The summed E-state index contributed by atoms with van der Waals surface area (Å²) in [6.45, 7) is 1.91. The third-order valence-electron chi connectivity index (χ3n) is 3.67. The van der Waals surface area contributed by atoms with Crippen LogP contribution < -0.4 is 10.6 Å². The van der Waals surface area contributed by atoms with Crippen molar-refractivity contribution in [1.29, 1.82) is 0 Å². The first-order chi connectivity index (χ1) is 12.5. The smallest absolute Gasteiger partial charge is 0.248 e. The lowest BCUT2D eigenvalue weighted by Gasteiger charge is -2.07. The summed E-state index contributed by atoms with van der Waals surface area (Å²) >= 11 is 0. The van der Waals surface area contributed by atoms with E-state index >= 15 is 0 Å². The van der Waals surface area contributed by atoms with Crippen molar-refractivity contribution in [2.45, 2.75) is 13.3 Å². The van der Waals surface area contributed by atoms with Gasteiger partial charge in [0.2, 0.25) is 11.8 Å². The molecule has 0 unspecified atom stereocenters. The summed E-state index contributed by atoms with van der Waals surface area (Å²) in [6.07, 6.45) is 1.65. The predicted octanol–water partition coefficient (Wildman–Crippen LogP) is 2.52. The molecule has 136 valence electrons. The molecule has 2 rings (SSSR count). The molecule has 2 amide bonds. The Labute approximate surface area is 151 Å². The second-order valence-corrected chi connectivity index (χ2v) is 5.77. The number of allylic oxidation sites excluding steroid dienone is 1. The van der Waals surface area contributed by atoms with E-state index in [4.69, 9.17) is 5.11 Å². The van der Waals surface area contributed by atoms with Crippen molar-refractivity contribution in [1.82, 2.24) is 5.32 Å². The van der Waals surface area contributed by atoms with Crippen LogP contribution in [0.2, 0.25) is 0 Å². The Morgan fingerprint density at radius 1 is 1.08 bits per heavy atom. The average Bonchev–Trinajstić information content (AvgIpc) is 2.62. The Bertz CT molecular complexity index is 784. The summed E-state index contributed by atoms with van der Waals surface area (Å²) in [5.74, 6) is -0.787. The number of benzene rings is 2. The molecular formula is C20H21FN2O3. The van der Waals surface area contributed by atoms with E-state index in [-0.39, 0.29) is 37.2 Å².